The van der Waals surface area contributed by atoms with Crippen LogP contribution in [0.4, 0.5) is 0 Å². The molecule has 0 atom stereocenters. The molecule has 5 heteroatoms. The SMILES string of the molecule is c1ccc(-c2nc(-c3cc(-c4cccc5c4sc4c(-c6ccccc6)cccc45)c4ccccc4c3)nc(-c3ccc4c(c3)oc3ccccc34)n2)cc1. The Hall–Kier alpha value is -6.95. The van der Waals surface area contributed by atoms with Crippen molar-refractivity contribution in [2.45, 2.75) is 0 Å². The van der Waals surface area contributed by atoms with Crippen molar-refractivity contribution < 1.29 is 4.42 Å². The maximum atomic E-state index is 6.28. The maximum absolute atomic E-state index is 6.28. The Morgan fingerprint density at radius 2 is 0.907 bits per heavy atom. The summed E-state index contributed by atoms with van der Waals surface area (Å²) >= 11 is 1.87. The van der Waals surface area contributed by atoms with Crippen molar-refractivity contribution in [2.24, 2.45) is 0 Å². The number of benzene rings is 8. The summed E-state index contributed by atoms with van der Waals surface area (Å²) in [6.45, 7) is 0. The van der Waals surface area contributed by atoms with Crippen molar-refractivity contribution in [1.29, 1.82) is 0 Å². The summed E-state index contributed by atoms with van der Waals surface area (Å²) in [6, 6.07) is 61.6. The van der Waals surface area contributed by atoms with E-state index in [0.717, 1.165) is 49.6 Å². The molecule has 0 aliphatic carbocycles. The lowest BCUT2D eigenvalue weighted by molar-refractivity contribution is 0.669. The molecule has 54 heavy (non-hydrogen) atoms. The van der Waals surface area contributed by atoms with Crippen molar-refractivity contribution in [3.63, 3.8) is 0 Å². The molecule has 0 saturated carbocycles. The summed E-state index contributed by atoms with van der Waals surface area (Å²) in [6.07, 6.45) is 0. The first-order valence-corrected chi connectivity index (χ1v) is 18.8. The lowest BCUT2D eigenvalue weighted by Gasteiger charge is -2.13. The van der Waals surface area contributed by atoms with Gasteiger partial charge in [0.1, 0.15) is 11.2 Å². The smallest absolute Gasteiger partial charge is 0.164 e. The van der Waals surface area contributed by atoms with Crippen LogP contribution in [-0.2, 0) is 0 Å². The minimum Gasteiger partial charge on any atom is -0.456 e. The summed E-state index contributed by atoms with van der Waals surface area (Å²) < 4.78 is 8.83. The molecule has 0 amide bonds. The molecule has 0 aliphatic heterocycles. The molecule has 3 aromatic heterocycles. The predicted octanol–water partition coefficient (Wildman–Crippen LogP) is 13.6. The molecular weight excluding hydrogens is 679 g/mol. The van der Waals surface area contributed by atoms with E-state index in [2.05, 4.69) is 121 Å². The highest BCUT2D eigenvalue weighted by Crippen LogP contribution is 2.45. The summed E-state index contributed by atoms with van der Waals surface area (Å²) in [7, 11) is 0. The molecule has 0 radical (unpaired) electrons. The van der Waals surface area contributed by atoms with Crippen LogP contribution < -0.4 is 0 Å². The van der Waals surface area contributed by atoms with Gasteiger partial charge in [0, 0.05) is 53.2 Å². The first kappa shape index (κ1) is 30.7. The normalized spacial score (nSPS) is 11.7. The Balaban J connectivity index is 1.13. The van der Waals surface area contributed by atoms with Crippen LogP contribution in [0.15, 0.2) is 180 Å². The fourth-order valence-electron chi connectivity index (χ4n) is 7.76. The van der Waals surface area contributed by atoms with Crippen molar-refractivity contribution in [1.82, 2.24) is 15.0 Å². The largest absolute Gasteiger partial charge is 0.456 e. The zero-order chi connectivity index (χ0) is 35.6. The first-order valence-electron chi connectivity index (χ1n) is 18.0. The number of hydrogen-bond donors (Lipinski definition) is 0. The van der Waals surface area contributed by atoms with Crippen LogP contribution in [0.2, 0.25) is 0 Å². The van der Waals surface area contributed by atoms with E-state index in [-0.39, 0.29) is 0 Å². The maximum Gasteiger partial charge on any atom is 0.164 e. The summed E-state index contributed by atoms with van der Waals surface area (Å²) in [5, 5.41) is 7.00. The van der Waals surface area contributed by atoms with E-state index in [1.54, 1.807) is 0 Å². The standard InChI is InChI=1S/C49H29N3OS/c1-3-13-30(14-4-1)36-20-11-21-39-40-22-12-23-41(46(40)54-45(36)39)42-28-34(27-32-17-7-8-18-35(32)42)49-51-47(31-15-5-2-6-16-31)50-48(52-49)33-25-26-38-37-19-9-10-24-43(37)53-44(38)29-33/h1-29H. The lowest BCUT2D eigenvalue weighted by Crippen LogP contribution is -2.00. The molecule has 3 heterocycles. The summed E-state index contributed by atoms with van der Waals surface area (Å²) in [5.41, 5.74) is 9.21. The number of furan rings is 1. The zero-order valence-electron chi connectivity index (χ0n) is 28.9. The van der Waals surface area contributed by atoms with Crippen LogP contribution in [0, 0.1) is 0 Å². The minimum absolute atomic E-state index is 0.593. The molecule has 0 saturated heterocycles. The molecule has 8 aromatic carbocycles. The quantitative estimate of drug-likeness (QED) is 0.179. The van der Waals surface area contributed by atoms with Crippen molar-refractivity contribution in [3.8, 4) is 56.4 Å². The minimum atomic E-state index is 0.593. The van der Waals surface area contributed by atoms with E-state index in [1.807, 2.05) is 65.9 Å². The van der Waals surface area contributed by atoms with Gasteiger partial charge in [0.05, 0.1) is 0 Å². The molecule has 0 aliphatic rings. The zero-order valence-corrected chi connectivity index (χ0v) is 29.7. The van der Waals surface area contributed by atoms with Crippen LogP contribution in [0.1, 0.15) is 0 Å². The number of nitrogens with zero attached hydrogens (tertiary/aromatic N) is 3. The number of para-hydroxylation sites is 1. The molecule has 0 unspecified atom stereocenters. The van der Waals surface area contributed by atoms with Gasteiger partial charge in [-0.3, -0.25) is 0 Å². The summed E-state index contributed by atoms with van der Waals surface area (Å²) in [5.74, 6) is 1.83. The highest BCUT2D eigenvalue weighted by atomic mass is 32.1. The molecule has 0 fully saturated rings. The molecule has 4 nitrogen and oxygen atoms in total. The molecular formula is C49H29N3OS. The average Bonchev–Trinajstić information content (AvgIpc) is 3.82. The van der Waals surface area contributed by atoms with Gasteiger partial charge in [0.2, 0.25) is 0 Å². The fourth-order valence-corrected chi connectivity index (χ4v) is 9.12. The van der Waals surface area contributed by atoms with E-state index in [9.17, 15) is 0 Å². The number of fused-ring (bicyclic) bond motifs is 7. The molecule has 0 bridgehead atoms. The Kier molecular flexibility index (Phi) is 7.00. The van der Waals surface area contributed by atoms with E-state index < -0.39 is 0 Å². The molecule has 11 aromatic rings. The third-order valence-corrected chi connectivity index (χ3v) is 11.6. The fraction of sp³-hybridized carbons (Fsp3) is 0. The molecule has 0 N–H and O–H groups in total. The van der Waals surface area contributed by atoms with Gasteiger partial charge in [0.25, 0.3) is 0 Å². The van der Waals surface area contributed by atoms with Crippen LogP contribution in [-0.4, -0.2) is 15.0 Å². The van der Waals surface area contributed by atoms with Gasteiger partial charge >= 0.3 is 0 Å². The van der Waals surface area contributed by atoms with E-state index in [1.165, 1.54) is 42.2 Å². The van der Waals surface area contributed by atoms with Crippen LogP contribution >= 0.6 is 11.3 Å². The van der Waals surface area contributed by atoms with Gasteiger partial charge in [0.15, 0.2) is 17.5 Å². The number of rotatable bonds is 5. The highest BCUT2D eigenvalue weighted by molar-refractivity contribution is 7.26. The van der Waals surface area contributed by atoms with Gasteiger partial charge in [-0.1, -0.05) is 146 Å². The second-order valence-electron chi connectivity index (χ2n) is 13.6. The van der Waals surface area contributed by atoms with Gasteiger partial charge in [-0.05, 0) is 57.8 Å². The van der Waals surface area contributed by atoms with Gasteiger partial charge in [-0.2, -0.15) is 0 Å². The second kappa shape index (κ2) is 12.3. The van der Waals surface area contributed by atoms with Crippen molar-refractivity contribution in [3.05, 3.63) is 176 Å². The lowest BCUT2D eigenvalue weighted by atomic mass is 9.94. The monoisotopic (exact) mass is 707 g/mol. The van der Waals surface area contributed by atoms with E-state index >= 15 is 0 Å². The topological polar surface area (TPSA) is 51.8 Å². The van der Waals surface area contributed by atoms with Gasteiger partial charge in [-0.25, -0.2) is 15.0 Å². The summed E-state index contributed by atoms with van der Waals surface area (Å²) in [4.78, 5) is 15.4. The average molecular weight is 708 g/mol. The Morgan fingerprint density at radius 1 is 0.333 bits per heavy atom. The Morgan fingerprint density at radius 3 is 1.69 bits per heavy atom. The molecule has 252 valence electrons. The van der Waals surface area contributed by atoms with Crippen molar-refractivity contribution in [2.75, 3.05) is 0 Å². The van der Waals surface area contributed by atoms with Gasteiger partial charge in [-0.15, -0.1) is 11.3 Å². The number of thiophene rings is 1. The van der Waals surface area contributed by atoms with Crippen LogP contribution in [0.25, 0.3) is 109 Å². The Labute approximate surface area is 314 Å². The van der Waals surface area contributed by atoms with Crippen molar-refractivity contribution >= 4 is 64.2 Å². The highest BCUT2D eigenvalue weighted by Gasteiger charge is 2.19. The Bertz CT molecular complexity index is 3220. The first-order chi connectivity index (χ1) is 26.7. The van der Waals surface area contributed by atoms with Gasteiger partial charge < -0.3 is 4.42 Å². The third-order valence-electron chi connectivity index (χ3n) is 10.3. The van der Waals surface area contributed by atoms with E-state index in [4.69, 9.17) is 19.4 Å². The third kappa shape index (κ3) is 5.01. The predicted molar refractivity (Wildman–Crippen MR) is 225 cm³/mol. The number of aromatic nitrogens is 3. The molecule has 0 spiro atoms. The van der Waals surface area contributed by atoms with E-state index in [0.29, 0.717) is 17.5 Å². The van der Waals surface area contributed by atoms with Crippen LogP contribution in [0.3, 0.4) is 0 Å². The van der Waals surface area contributed by atoms with Crippen LogP contribution in [0.5, 0.6) is 0 Å². The number of hydrogen-bond acceptors (Lipinski definition) is 5. The molecule has 11 rings (SSSR count). The second-order valence-corrected chi connectivity index (χ2v) is 14.6.